The summed E-state index contributed by atoms with van der Waals surface area (Å²) in [5.41, 5.74) is 0. The van der Waals surface area contributed by atoms with E-state index in [1.807, 2.05) is 6.92 Å². The summed E-state index contributed by atoms with van der Waals surface area (Å²) in [5.74, 6) is 0.161. The lowest BCUT2D eigenvalue weighted by molar-refractivity contribution is 0.598. The zero-order valence-corrected chi connectivity index (χ0v) is 11.1. The van der Waals surface area contributed by atoms with E-state index in [9.17, 15) is 8.42 Å². The molecule has 2 rings (SSSR count). The molecular weight excluding hydrogens is 276 g/mol. The number of halogens is 1. The molecule has 0 amide bonds. The van der Waals surface area contributed by atoms with Crippen LogP contribution in [0.2, 0.25) is 5.02 Å². The van der Waals surface area contributed by atoms with Crippen LogP contribution in [-0.4, -0.2) is 23.0 Å². The Morgan fingerprint density at radius 3 is 2.83 bits per heavy atom. The normalized spacial score (nSPS) is 11.4. The number of nitrogens with zero attached hydrogens (tertiary/aromatic N) is 3. The third-order valence-electron chi connectivity index (χ3n) is 2.21. The third kappa shape index (κ3) is 2.80. The minimum Gasteiger partial charge on any atom is -0.336 e. The summed E-state index contributed by atoms with van der Waals surface area (Å²) in [7, 11) is -3.72. The molecule has 0 fully saturated rings. The highest BCUT2D eigenvalue weighted by Crippen LogP contribution is 2.16. The molecule has 0 unspecified atom stereocenters. The van der Waals surface area contributed by atoms with E-state index < -0.39 is 10.0 Å². The molecule has 8 heteroatoms. The van der Waals surface area contributed by atoms with Crippen LogP contribution in [0.1, 0.15) is 6.92 Å². The van der Waals surface area contributed by atoms with Crippen LogP contribution >= 0.6 is 11.6 Å². The number of nitrogens with one attached hydrogen (secondary N) is 1. The highest BCUT2D eigenvalue weighted by atomic mass is 35.5. The van der Waals surface area contributed by atoms with Gasteiger partial charge in [-0.1, -0.05) is 11.6 Å². The zero-order chi connectivity index (χ0) is 13.2. The van der Waals surface area contributed by atoms with Gasteiger partial charge in [-0.2, -0.15) is 8.42 Å². The predicted octanol–water partition coefficient (Wildman–Crippen LogP) is 1.75. The van der Waals surface area contributed by atoms with Gasteiger partial charge >= 0.3 is 0 Å². The van der Waals surface area contributed by atoms with Crippen LogP contribution < -0.4 is 4.72 Å². The molecule has 2 aromatic heterocycles. The first-order valence-electron chi connectivity index (χ1n) is 5.17. The quantitative estimate of drug-likeness (QED) is 0.929. The van der Waals surface area contributed by atoms with Gasteiger partial charge in [-0.15, -0.1) is 0 Å². The number of sulfonamides is 1. The second kappa shape index (κ2) is 4.95. The molecular formula is C10H11ClN4O2S. The number of anilines is 1. The van der Waals surface area contributed by atoms with Crippen molar-refractivity contribution in [3.8, 4) is 0 Å². The molecule has 0 aliphatic heterocycles. The molecule has 0 aliphatic rings. The number of aryl methyl sites for hydroxylation is 1. The van der Waals surface area contributed by atoms with Gasteiger partial charge in [0.25, 0.3) is 10.0 Å². The third-order valence-corrected chi connectivity index (χ3v) is 3.69. The van der Waals surface area contributed by atoms with E-state index in [2.05, 4.69) is 14.7 Å². The maximum atomic E-state index is 12.0. The Labute approximate surface area is 110 Å². The Morgan fingerprint density at radius 2 is 2.22 bits per heavy atom. The number of imidazole rings is 1. The molecule has 18 heavy (non-hydrogen) atoms. The summed E-state index contributed by atoms with van der Waals surface area (Å²) < 4.78 is 27.9. The molecule has 96 valence electrons. The van der Waals surface area contributed by atoms with E-state index in [0.717, 1.165) is 0 Å². The maximum absolute atomic E-state index is 12.0. The monoisotopic (exact) mass is 286 g/mol. The first kappa shape index (κ1) is 12.8. The minimum absolute atomic E-state index is 0.0499. The molecule has 0 saturated heterocycles. The van der Waals surface area contributed by atoms with Crippen LogP contribution in [0.25, 0.3) is 0 Å². The van der Waals surface area contributed by atoms with Crippen LogP contribution in [0.15, 0.2) is 35.9 Å². The zero-order valence-electron chi connectivity index (χ0n) is 9.54. The van der Waals surface area contributed by atoms with Crippen LogP contribution in [-0.2, 0) is 16.6 Å². The summed E-state index contributed by atoms with van der Waals surface area (Å²) in [5, 5.41) is 0.355. The number of aromatic nitrogens is 3. The van der Waals surface area contributed by atoms with Crippen molar-refractivity contribution in [2.45, 2.75) is 18.5 Å². The summed E-state index contributed by atoms with van der Waals surface area (Å²) >= 11 is 5.75. The molecule has 0 atom stereocenters. The van der Waals surface area contributed by atoms with Gasteiger partial charge in [0.2, 0.25) is 0 Å². The highest BCUT2D eigenvalue weighted by molar-refractivity contribution is 7.92. The second-order valence-corrected chi connectivity index (χ2v) is 5.57. The average molecular weight is 287 g/mol. The van der Waals surface area contributed by atoms with Crippen LogP contribution in [0.4, 0.5) is 5.82 Å². The average Bonchev–Trinajstić information content (AvgIpc) is 2.77. The van der Waals surface area contributed by atoms with E-state index in [1.165, 1.54) is 24.8 Å². The van der Waals surface area contributed by atoms with E-state index in [0.29, 0.717) is 11.6 Å². The predicted molar refractivity (Wildman–Crippen MR) is 68.0 cm³/mol. The van der Waals surface area contributed by atoms with Crippen molar-refractivity contribution in [1.82, 2.24) is 14.5 Å². The number of hydrogen-bond acceptors (Lipinski definition) is 4. The van der Waals surface area contributed by atoms with Crippen LogP contribution in [0.5, 0.6) is 0 Å². The first-order valence-corrected chi connectivity index (χ1v) is 7.03. The largest absolute Gasteiger partial charge is 0.336 e. The van der Waals surface area contributed by atoms with Gasteiger partial charge in [-0.25, -0.2) is 9.97 Å². The lowest BCUT2D eigenvalue weighted by Crippen LogP contribution is -2.14. The molecule has 2 heterocycles. The fraction of sp³-hybridized carbons (Fsp3) is 0.200. The van der Waals surface area contributed by atoms with Gasteiger partial charge in [0.1, 0.15) is 5.82 Å². The second-order valence-electron chi connectivity index (χ2n) is 3.51. The van der Waals surface area contributed by atoms with Gasteiger partial charge in [-0.05, 0) is 13.0 Å². The van der Waals surface area contributed by atoms with Gasteiger partial charge in [0, 0.05) is 30.0 Å². The topological polar surface area (TPSA) is 76.9 Å². The van der Waals surface area contributed by atoms with E-state index >= 15 is 0 Å². The van der Waals surface area contributed by atoms with Crippen molar-refractivity contribution in [2.75, 3.05) is 4.72 Å². The molecule has 0 aromatic carbocycles. The van der Waals surface area contributed by atoms with Gasteiger partial charge in [0.05, 0.1) is 6.33 Å². The smallest absolute Gasteiger partial charge is 0.282 e. The molecule has 0 radical (unpaired) electrons. The van der Waals surface area contributed by atoms with Gasteiger partial charge < -0.3 is 4.57 Å². The molecule has 6 nitrogen and oxygen atoms in total. The SMILES string of the molecule is CCn1cnc(S(=O)(=O)Nc2cc(Cl)ccn2)c1. The highest BCUT2D eigenvalue weighted by Gasteiger charge is 2.17. The number of pyridine rings is 1. The molecule has 0 spiro atoms. The van der Waals surface area contributed by atoms with Crippen molar-refractivity contribution in [1.29, 1.82) is 0 Å². The van der Waals surface area contributed by atoms with Crippen molar-refractivity contribution in [2.24, 2.45) is 0 Å². The standard InChI is InChI=1S/C10H11ClN4O2S/c1-2-15-6-10(13-7-15)18(16,17)14-9-5-8(11)3-4-12-9/h3-7H,2H2,1H3,(H,12,14). The summed E-state index contributed by atoms with van der Waals surface area (Å²) in [6.45, 7) is 2.54. The van der Waals surface area contributed by atoms with Crippen molar-refractivity contribution < 1.29 is 8.42 Å². The first-order chi connectivity index (χ1) is 8.51. The Kier molecular flexibility index (Phi) is 3.53. The van der Waals surface area contributed by atoms with Gasteiger partial charge in [-0.3, -0.25) is 4.72 Å². The van der Waals surface area contributed by atoms with E-state index in [4.69, 9.17) is 11.6 Å². The minimum atomic E-state index is -3.72. The fourth-order valence-electron chi connectivity index (χ4n) is 1.30. The number of rotatable bonds is 4. The van der Waals surface area contributed by atoms with Crippen molar-refractivity contribution >= 4 is 27.4 Å². The molecule has 0 bridgehead atoms. The van der Waals surface area contributed by atoms with E-state index in [-0.39, 0.29) is 10.8 Å². The Bertz CT molecular complexity index is 653. The molecule has 0 aliphatic carbocycles. The maximum Gasteiger partial charge on any atom is 0.282 e. The Morgan fingerprint density at radius 1 is 1.44 bits per heavy atom. The summed E-state index contributed by atoms with van der Waals surface area (Å²) in [4.78, 5) is 7.70. The van der Waals surface area contributed by atoms with Crippen LogP contribution in [0.3, 0.4) is 0 Å². The number of hydrogen-bond donors (Lipinski definition) is 1. The van der Waals surface area contributed by atoms with Crippen LogP contribution in [0, 0.1) is 0 Å². The van der Waals surface area contributed by atoms with Crippen molar-refractivity contribution in [3.05, 3.63) is 35.9 Å². The van der Waals surface area contributed by atoms with Gasteiger partial charge in [0.15, 0.2) is 5.03 Å². The molecule has 1 N–H and O–H groups in total. The molecule has 0 saturated carbocycles. The summed E-state index contributed by atoms with van der Waals surface area (Å²) in [6.07, 6.45) is 4.33. The summed E-state index contributed by atoms with van der Waals surface area (Å²) in [6, 6.07) is 2.99. The lowest BCUT2D eigenvalue weighted by atomic mass is 10.5. The fourth-order valence-corrected chi connectivity index (χ4v) is 2.41. The Balaban J connectivity index is 2.27. The van der Waals surface area contributed by atoms with E-state index in [1.54, 1.807) is 10.6 Å². The lowest BCUT2D eigenvalue weighted by Gasteiger charge is -2.04. The Hall–Kier alpha value is -1.60. The molecule has 2 aromatic rings. The van der Waals surface area contributed by atoms with Crippen molar-refractivity contribution in [3.63, 3.8) is 0 Å².